The molecule has 1 aromatic carbocycles. The maximum absolute atomic E-state index is 4.75. The molecular weight excluding hydrogens is 212 g/mol. The molecule has 4 nitrogen and oxygen atoms in total. The van der Waals surface area contributed by atoms with Crippen LogP contribution in [0.4, 0.5) is 5.95 Å². The molecule has 2 heterocycles. The van der Waals surface area contributed by atoms with E-state index >= 15 is 0 Å². The van der Waals surface area contributed by atoms with Gasteiger partial charge < -0.3 is 15.2 Å². The minimum absolute atomic E-state index is 1.02. The number of hydrogen-bond donors (Lipinski definition) is 2. The zero-order valence-electron chi connectivity index (χ0n) is 10.2. The first kappa shape index (κ1) is 10.6. The molecular formula is C13H18N4. The van der Waals surface area contributed by atoms with Gasteiger partial charge in [-0.25, -0.2) is 4.98 Å². The lowest BCUT2D eigenvalue weighted by Gasteiger charge is -2.26. The van der Waals surface area contributed by atoms with E-state index in [0.717, 1.165) is 49.6 Å². The van der Waals surface area contributed by atoms with Crippen molar-refractivity contribution < 1.29 is 0 Å². The number of hydrogen-bond acceptors (Lipinski definition) is 3. The first-order valence-electron chi connectivity index (χ1n) is 6.32. The number of aromatic amines is 1. The van der Waals surface area contributed by atoms with Gasteiger partial charge >= 0.3 is 0 Å². The van der Waals surface area contributed by atoms with Crippen LogP contribution in [0.5, 0.6) is 0 Å². The standard InChI is InChI=1S/C13H18N4/c1-2-10-4-3-5-11-12(10)16-13(15-11)17-8-6-14-7-9-17/h3-5,14H,2,6-9H2,1H3,(H,15,16). The van der Waals surface area contributed by atoms with Gasteiger partial charge in [0.2, 0.25) is 5.95 Å². The van der Waals surface area contributed by atoms with Crippen molar-refractivity contribution in [2.75, 3.05) is 31.1 Å². The monoisotopic (exact) mass is 230 g/mol. The van der Waals surface area contributed by atoms with E-state index in [4.69, 9.17) is 4.98 Å². The normalized spacial score (nSPS) is 16.6. The van der Waals surface area contributed by atoms with Gasteiger partial charge in [-0.2, -0.15) is 0 Å². The Bertz CT molecular complexity index is 511. The number of benzene rings is 1. The van der Waals surface area contributed by atoms with Gasteiger partial charge in [-0.1, -0.05) is 19.1 Å². The summed E-state index contributed by atoms with van der Waals surface area (Å²) in [5.41, 5.74) is 3.60. The summed E-state index contributed by atoms with van der Waals surface area (Å²) >= 11 is 0. The van der Waals surface area contributed by atoms with Crippen LogP contribution in [0.25, 0.3) is 11.0 Å². The third-order valence-corrected chi connectivity index (χ3v) is 3.38. The van der Waals surface area contributed by atoms with Crippen molar-refractivity contribution in [1.29, 1.82) is 0 Å². The molecule has 0 unspecified atom stereocenters. The van der Waals surface area contributed by atoms with E-state index < -0.39 is 0 Å². The average Bonchev–Trinajstić information content (AvgIpc) is 2.83. The molecule has 1 saturated heterocycles. The second-order valence-electron chi connectivity index (χ2n) is 4.46. The summed E-state index contributed by atoms with van der Waals surface area (Å²) in [7, 11) is 0. The van der Waals surface area contributed by atoms with Crippen LogP contribution in [0, 0.1) is 0 Å². The van der Waals surface area contributed by atoms with E-state index in [1.165, 1.54) is 5.56 Å². The molecule has 0 amide bonds. The molecule has 1 aliphatic heterocycles. The van der Waals surface area contributed by atoms with E-state index in [1.807, 2.05) is 0 Å². The highest BCUT2D eigenvalue weighted by Gasteiger charge is 2.14. The zero-order valence-corrected chi connectivity index (χ0v) is 10.2. The van der Waals surface area contributed by atoms with Gasteiger partial charge in [0.05, 0.1) is 11.0 Å². The Balaban J connectivity index is 2.00. The molecule has 4 heteroatoms. The van der Waals surface area contributed by atoms with Crippen molar-refractivity contribution in [3.63, 3.8) is 0 Å². The summed E-state index contributed by atoms with van der Waals surface area (Å²) in [6, 6.07) is 6.36. The summed E-state index contributed by atoms with van der Waals surface area (Å²) < 4.78 is 0. The number of fused-ring (bicyclic) bond motifs is 1. The van der Waals surface area contributed by atoms with Crippen LogP contribution >= 0.6 is 0 Å². The zero-order chi connectivity index (χ0) is 11.7. The number of imidazole rings is 1. The largest absolute Gasteiger partial charge is 0.340 e. The summed E-state index contributed by atoms with van der Waals surface area (Å²) in [4.78, 5) is 10.5. The van der Waals surface area contributed by atoms with Gasteiger partial charge in [-0.15, -0.1) is 0 Å². The molecule has 0 radical (unpaired) electrons. The maximum Gasteiger partial charge on any atom is 0.203 e. The fraction of sp³-hybridized carbons (Fsp3) is 0.462. The molecule has 0 spiro atoms. The first-order chi connectivity index (χ1) is 8.38. The summed E-state index contributed by atoms with van der Waals surface area (Å²) in [6.07, 6.45) is 1.03. The number of para-hydroxylation sites is 1. The average molecular weight is 230 g/mol. The summed E-state index contributed by atoms with van der Waals surface area (Å²) in [6.45, 7) is 6.31. The number of nitrogens with zero attached hydrogens (tertiary/aromatic N) is 2. The fourth-order valence-corrected chi connectivity index (χ4v) is 2.39. The Hall–Kier alpha value is -1.55. The van der Waals surface area contributed by atoms with Crippen molar-refractivity contribution >= 4 is 17.0 Å². The molecule has 1 aliphatic rings. The van der Waals surface area contributed by atoms with Gasteiger partial charge in [0.25, 0.3) is 0 Å². The lowest BCUT2D eigenvalue weighted by Crippen LogP contribution is -2.44. The molecule has 90 valence electrons. The number of rotatable bonds is 2. The van der Waals surface area contributed by atoms with Crippen LogP contribution in [0.3, 0.4) is 0 Å². The third kappa shape index (κ3) is 1.89. The minimum Gasteiger partial charge on any atom is -0.340 e. The first-order valence-corrected chi connectivity index (χ1v) is 6.32. The van der Waals surface area contributed by atoms with Gasteiger partial charge in [-0.05, 0) is 18.1 Å². The van der Waals surface area contributed by atoms with Crippen molar-refractivity contribution in [3.8, 4) is 0 Å². The van der Waals surface area contributed by atoms with Crippen molar-refractivity contribution in [2.24, 2.45) is 0 Å². The second-order valence-corrected chi connectivity index (χ2v) is 4.46. The van der Waals surface area contributed by atoms with Crippen molar-refractivity contribution in [1.82, 2.24) is 15.3 Å². The van der Waals surface area contributed by atoms with Crippen LogP contribution in [0.2, 0.25) is 0 Å². The molecule has 0 saturated carbocycles. The van der Waals surface area contributed by atoms with Crippen LogP contribution in [0.1, 0.15) is 12.5 Å². The Labute approximate surface area is 101 Å². The third-order valence-electron chi connectivity index (χ3n) is 3.38. The molecule has 3 rings (SSSR count). The number of aromatic nitrogens is 2. The second kappa shape index (κ2) is 4.37. The number of anilines is 1. The van der Waals surface area contributed by atoms with Crippen LogP contribution in [-0.2, 0) is 6.42 Å². The predicted octanol–water partition coefficient (Wildman–Crippen LogP) is 1.53. The fourth-order valence-electron chi connectivity index (χ4n) is 2.39. The van der Waals surface area contributed by atoms with Crippen LogP contribution in [0.15, 0.2) is 18.2 Å². The summed E-state index contributed by atoms with van der Waals surface area (Å²) in [5.74, 6) is 1.02. The number of H-pyrrole nitrogens is 1. The van der Waals surface area contributed by atoms with Gasteiger partial charge in [-0.3, -0.25) is 0 Å². The Morgan fingerprint density at radius 1 is 1.29 bits per heavy atom. The van der Waals surface area contributed by atoms with Gasteiger partial charge in [0.1, 0.15) is 0 Å². The molecule has 0 bridgehead atoms. The van der Waals surface area contributed by atoms with Crippen LogP contribution in [-0.4, -0.2) is 36.1 Å². The van der Waals surface area contributed by atoms with E-state index in [-0.39, 0.29) is 0 Å². The highest BCUT2D eigenvalue weighted by atomic mass is 15.3. The van der Waals surface area contributed by atoms with Gasteiger partial charge in [0, 0.05) is 26.2 Å². The smallest absolute Gasteiger partial charge is 0.203 e. The van der Waals surface area contributed by atoms with E-state index in [1.54, 1.807) is 0 Å². The topological polar surface area (TPSA) is 44.0 Å². The molecule has 1 aromatic heterocycles. The summed E-state index contributed by atoms with van der Waals surface area (Å²) in [5, 5.41) is 3.36. The van der Waals surface area contributed by atoms with E-state index in [2.05, 4.69) is 40.3 Å². The molecule has 2 N–H and O–H groups in total. The van der Waals surface area contributed by atoms with Crippen molar-refractivity contribution in [3.05, 3.63) is 23.8 Å². The SMILES string of the molecule is CCc1cccc2[nH]c(N3CCNCC3)nc12. The quantitative estimate of drug-likeness (QED) is 0.822. The van der Waals surface area contributed by atoms with Gasteiger partial charge in [0.15, 0.2) is 0 Å². The Kier molecular flexibility index (Phi) is 2.73. The molecule has 0 aliphatic carbocycles. The minimum atomic E-state index is 1.02. The molecule has 2 aromatic rings. The van der Waals surface area contributed by atoms with Crippen molar-refractivity contribution in [2.45, 2.75) is 13.3 Å². The highest BCUT2D eigenvalue weighted by molar-refractivity contribution is 5.81. The van der Waals surface area contributed by atoms with E-state index in [9.17, 15) is 0 Å². The van der Waals surface area contributed by atoms with E-state index in [0.29, 0.717) is 0 Å². The van der Waals surface area contributed by atoms with Crippen LogP contribution < -0.4 is 10.2 Å². The number of nitrogens with one attached hydrogen (secondary N) is 2. The highest BCUT2D eigenvalue weighted by Crippen LogP contribution is 2.21. The number of aryl methyl sites for hydroxylation is 1. The lowest BCUT2D eigenvalue weighted by atomic mass is 10.1. The predicted molar refractivity (Wildman–Crippen MR) is 70.6 cm³/mol. The molecule has 1 fully saturated rings. The Morgan fingerprint density at radius 2 is 2.12 bits per heavy atom. The molecule has 17 heavy (non-hydrogen) atoms. The Morgan fingerprint density at radius 3 is 2.88 bits per heavy atom. The molecule has 0 atom stereocenters. The maximum atomic E-state index is 4.75. The lowest BCUT2D eigenvalue weighted by molar-refractivity contribution is 0.582. The number of piperazine rings is 1.